The Balaban J connectivity index is 2.37. The number of hydrogen-bond donors (Lipinski definition) is 1. The summed E-state index contributed by atoms with van der Waals surface area (Å²) in [5.41, 5.74) is 2.42. The molecule has 0 aliphatic carbocycles. The third-order valence-corrected chi connectivity index (χ3v) is 2.49. The van der Waals surface area contributed by atoms with Crippen molar-refractivity contribution in [2.75, 3.05) is 0 Å². The summed E-state index contributed by atoms with van der Waals surface area (Å²) in [7, 11) is 0. The van der Waals surface area contributed by atoms with E-state index in [2.05, 4.69) is 9.97 Å². The number of aliphatic hydroxyl groups is 1. The van der Waals surface area contributed by atoms with Crippen LogP contribution in [0.15, 0.2) is 36.9 Å². The molecule has 0 bridgehead atoms. The van der Waals surface area contributed by atoms with E-state index < -0.39 is 6.10 Å². The largest absolute Gasteiger partial charge is 0.384 e. The second-order valence-corrected chi connectivity index (χ2v) is 4.07. The van der Waals surface area contributed by atoms with E-state index in [1.807, 2.05) is 19.1 Å². The normalized spacial score (nSPS) is 12.4. The molecule has 0 radical (unpaired) electrons. The van der Waals surface area contributed by atoms with Crippen LogP contribution in [-0.2, 0) is 0 Å². The minimum Gasteiger partial charge on any atom is -0.384 e. The van der Waals surface area contributed by atoms with Crippen LogP contribution < -0.4 is 0 Å². The first-order chi connectivity index (χ1) is 7.66. The zero-order chi connectivity index (χ0) is 11.5. The predicted octanol–water partition coefficient (Wildman–Crippen LogP) is 2.52. The summed E-state index contributed by atoms with van der Waals surface area (Å²) in [5.74, 6) is 0. The average Bonchev–Trinajstić information content (AvgIpc) is 2.28. The van der Waals surface area contributed by atoms with Gasteiger partial charge in [-0.05, 0) is 30.2 Å². The van der Waals surface area contributed by atoms with Gasteiger partial charge in [0.1, 0.15) is 12.4 Å². The fourth-order valence-corrected chi connectivity index (χ4v) is 1.86. The molecule has 0 saturated heterocycles. The van der Waals surface area contributed by atoms with Crippen molar-refractivity contribution in [3.8, 4) is 0 Å². The van der Waals surface area contributed by atoms with Crippen molar-refractivity contribution in [1.29, 1.82) is 0 Å². The van der Waals surface area contributed by atoms with E-state index in [4.69, 9.17) is 11.6 Å². The van der Waals surface area contributed by atoms with Gasteiger partial charge in [0.2, 0.25) is 0 Å². The summed E-state index contributed by atoms with van der Waals surface area (Å²) < 4.78 is 0. The van der Waals surface area contributed by atoms with E-state index >= 15 is 0 Å². The summed E-state index contributed by atoms with van der Waals surface area (Å²) in [5, 5.41) is 10.7. The van der Waals surface area contributed by atoms with Gasteiger partial charge in [-0.1, -0.05) is 17.7 Å². The summed E-state index contributed by atoms with van der Waals surface area (Å²) in [6.07, 6.45) is 3.87. The second kappa shape index (κ2) is 4.60. The smallest absolute Gasteiger partial charge is 0.115 e. The minimum absolute atomic E-state index is 0.617. The highest BCUT2D eigenvalue weighted by molar-refractivity contribution is 6.30. The summed E-state index contributed by atoms with van der Waals surface area (Å²) >= 11 is 5.94. The molecule has 2 aromatic rings. The SMILES string of the molecule is Cc1cc(Cl)cc(C(O)c2cncnc2)c1. The van der Waals surface area contributed by atoms with Crippen LogP contribution in [0.2, 0.25) is 5.02 Å². The molecule has 1 atom stereocenters. The molecule has 82 valence electrons. The quantitative estimate of drug-likeness (QED) is 0.869. The van der Waals surface area contributed by atoms with Gasteiger partial charge in [0.25, 0.3) is 0 Å². The van der Waals surface area contributed by atoms with E-state index in [1.54, 1.807) is 18.5 Å². The first-order valence-corrected chi connectivity index (χ1v) is 5.24. The van der Waals surface area contributed by atoms with Gasteiger partial charge in [-0.25, -0.2) is 9.97 Å². The lowest BCUT2D eigenvalue weighted by atomic mass is 10.0. The number of rotatable bonds is 2. The molecule has 1 N–H and O–H groups in total. The van der Waals surface area contributed by atoms with Crippen LogP contribution >= 0.6 is 11.6 Å². The molecule has 0 amide bonds. The van der Waals surface area contributed by atoms with Gasteiger partial charge in [-0.15, -0.1) is 0 Å². The van der Waals surface area contributed by atoms with Crippen LogP contribution in [-0.4, -0.2) is 15.1 Å². The lowest BCUT2D eigenvalue weighted by Gasteiger charge is -2.11. The Morgan fingerprint density at radius 3 is 2.44 bits per heavy atom. The van der Waals surface area contributed by atoms with Crippen molar-refractivity contribution in [2.24, 2.45) is 0 Å². The number of aliphatic hydroxyl groups excluding tert-OH is 1. The van der Waals surface area contributed by atoms with Crippen molar-refractivity contribution >= 4 is 11.6 Å². The van der Waals surface area contributed by atoms with E-state index in [0.717, 1.165) is 11.1 Å². The molecule has 2 rings (SSSR count). The third-order valence-electron chi connectivity index (χ3n) is 2.28. The Hall–Kier alpha value is -1.45. The monoisotopic (exact) mass is 234 g/mol. The number of hydrogen-bond acceptors (Lipinski definition) is 3. The molecule has 1 unspecified atom stereocenters. The molecular weight excluding hydrogens is 224 g/mol. The number of aromatic nitrogens is 2. The van der Waals surface area contributed by atoms with Gasteiger partial charge in [0.05, 0.1) is 0 Å². The van der Waals surface area contributed by atoms with Crippen molar-refractivity contribution in [3.63, 3.8) is 0 Å². The van der Waals surface area contributed by atoms with Crippen LogP contribution in [0, 0.1) is 6.92 Å². The number of aryl methyl sites for hydroxylation is 1. The Labute approximate surface area is 98.8 Å². The van der Waals surface area contributed by atoms with E-state index in [-0.39, 0.29) is 0 Å². The van der Waals surface area contributed by atoms with E-state index in [9.17, 15) is 5.11 Å². The summed E-state index contributed by atoms with van der Waals surface area (Å²) in [6, 6.07) is 5.48. The Morgan fingerprint density at radius 1 is 1.12 bits per heavy atom. The van der Waals surface area contributed by atoms with Crippen molar-refractivity contribution in [1.82, 2.24) is 9.97 Å². The fraction of sp³-hybridized carbons (Fsp3) is 0.167. The second-order valence-electron chi connectivity index (χ2n) is 3.64. The first-order valence-electron chi connectivity index (χ1n) is 4.87. The highest BCUT2D eigenvalue weighted by Gasteiger charge is 2.11. The van der Waals surface area contributed by atoms with Crippen LogP contribution in [0.1, 0.15) is 22.8 Å². The number of halogens is 1. The standard InChI is InChI=1S/C12H11ClN2O/c1-8-2-9(4-11(13)3-8)12(16)10-5-14-7-15-6-10/h2-7,12,16H,1H3. The molecule has 0 aliphatic rings. The van der Waals surface area contributed by atoms with E-state index in [1.165, 1.54) is 6.33 Å². The molecule has 0 aliphatic heterocycles. The molecule has 1 aromatic heterocycles. The maximum absolute atomic E-state index is 10.1. The van der Waals surface area contributed by atoms with E-state index in [0.29, 0.717) is 10.6 Å². The van der Waals surface area contributed by atoms with Gasteiger partial charge in [0, 0.05) is 23.0 Å². The Kier molecular flexibility index (Phi) is 3.17. The first kappa shape index (κ1) is 11.0. The van der Waals surface area contributed by atoms with Gasteiger partial charge in [0.15, 0.2) is 0 Å². The van der Waals surface area contributed by atoms with Gasteiger partial charge < -0.3 is 5.11 Å². The zero-order valence-electron chi connectivity index (χ0n) is 8.76. The highest BCUT2D eigenvalue weighted by atomic mass is 35.5. The maximum atomic E-state index is 10.1. The third kappa shape index (κ3) is 2.38. The molecule has 0 saturated carbocycles. The summed E-state index contributed by atoms with van der Waals surface area (Å²) in [4.78, 5) is 7.74. The molecular formula is C12H11ClN2O. The lowest BCUT2D eigenvalue weighted by Crippen LogP contribution is -2.01. The van der Waals surface area contributed by atoms with Crippen LogP contribution in [0.5, 0.6) is 0 Å². The van der Waals surface area contributed by atoms with Crippen LogP contribution in [0.4, 0.5) is 0 Å². The number of nitrogens with zero attached hydrogens (tertiary/aromatic N) is 2. The molecule has 0 fully saturated rings. The molecule has 3 nitrogen and oxygen atoms in total. The van der Waals surface area contributed by atoms with Gasteiger partial charge >= 0.3 is 0 Å². The molecule has 1 heterocycles. The minimum atomic E-state index is -0.737. The summed E-state index contributed by atoms with van der Waals surface area (Å²) in [6.45, 7) is 1.93. The lowest BCUT2D eigenvalue weighted by molar-refractivity contribution is 0.219. The Morgan fingerprint density at radius 2 is 1.81 bits per heavy atom. The van der Waals surface area contributed by atoms with Crippen molar-refractivity contribution < 1.29 is 5.11 Å². The highest BCUT2D eigenvalue weighted by Crippen LogP contribution is 2.24. The maximum Gasteiger partial charge on any atom is 0.115 e. The van der Waals surface area contributed by atoms with Crippen LogP contribution in [0.25, 0.3) is 0 Å². The molecule has 0 spiro atoms. The number of benzene rings is 1. The van der Waals surface area contributed by atoms with Gasteiger partial charge in [-0.2, -0.15) is 0 Å². The molecule has 1 aromatic carbocycles. The molecule has 16 heavy (non-hydrogen) atoms. The van der Waals surface area contributed by atoms with Gasteiger partial charge in [-0.3, -0.25) is 0 Å². The van der Waals surface area contributed by atoms with Crippen LogP contribution in [0.3, 0.4) is 0 Å². The van der Waals surface area contributed by atoms with Crippen molar-refractivity contribution in [2.45, 2.75) is 13.0 Å². The predicted molar refractivity (Wildman–Crippen MR) is 62.3 cm³/mol. The molecule has 4 heteroatoms. The fourth-order valence-electron chi connectivity index (χ4n) is 1.57. The van der Waals surface area contributed by atoms with Crippen molar-refractivity contribution in [3.05, 3.63) is 58.6 Å². The zero-order valence-corrected chi connectivity index (χ0v) is 9.52. The Bertz CT molecular complexity index is 467. The topological polar surface area (TPSA) is 46.0 Å². The average molecular weight is 235 g/mol.